The largest absolute Gasteiger partial charge is 0.491 e. The first-order chi connectivity index (χ1) is 20.3. The number of hydrogen-bond donors (Lipinski definition) is 2. The van der Waals surface area contributed by atoms with Gasteiger partial charge < -0.3 is 34.0 Å². The van der Waals surface area contributed by atoms with Crippen molar-refractivity contribution in [3.05, 3.63) is 53.1 Å². The summed E-state index contributed by atoms with van der Waals surface area (Å²) < 4.78 is 43.3. The number of rotatable bonds is 6. The van der Waals surface area contributed by atoms with E-state index in [-0.39, 0.29) is 34.8 Å². The maximum Gasteiger partial charge on any atom is 0.410 e. The van der Waals surface area contributed by atoms with E-state index in [2.05, 4.69) is 20.2 Å². The number of nitrogens with zero attached hydrogens (tertiary/aromatic N) is 4. The van der Waals surface area contributed by atoms with E-state index >= 15 is 8.78 Å². The number of nitrogens with one attached hydrogen (secondary N) is 2. The fourth-order valence-corrected chi connectivity index (χ4v) is 5.80. The lowest BCUT2D eigenvalue weighted by molar-refractivity contribution is 0.0149. The summed E-state index contributed by atoms with van der Waals surface area (Å²) >= 11 is 0. The quantitative estimate of drug-likeness (QED) is 0.275. The Kier molecular flexibility index (Phi) is 7.97. The monoisotopic (exact) mass is 596 g/mol. The lowest BCUT2D eigenvalue weighted by Crippen LogP contribution is -2.48. The Morgan fingerprint density at radius 1 is 1.16 bits per heavy atom. The number of amides is 2. The molecule has 1 aliphatic heterocycles. The molecule has 0 spiro atoms. The van der Waals surface area contributed by atoms with Gasteiger partial charge in [0, 0.05) is 54.8 Å². The molecule has 4 heterocycles. The van der Waals surface area contributed by atoms with Gasteiger partial charge in [-0.3, -0.25) is 4.79 Å². The standard InChI is InChI=1S/C31H38F2N6O4/c1-8-39(30(41)43-31(4,5)6)19-9-11-37(12-10-19)23-14-21(32)24(26-20(23)13-17(2)34-26)29(40)36-22-16-38-15-18(3)35-28(38)25(33)27(22)42-7/h13-16,19,34H,8-12H2,1-7H3,(H,36,40). The molecule has 1 aliphatic rings. The van der Waals surface area contributed by atoms with Crippen molar-refractivity contribution in [3.63, 3.8) is 0 Å². The number of ether oxygens (including phenoxy) is 2. The van der Waals surface area contributed by atoms with Crippen LogP contribution in [0.25, 0.3) is 16.6 Å². The minimum absolute atomic E-state index is 0.00134. The maximum absolute atomic E-state index is 15.8. The topological polar surface area (TPSA) is 104 Å². The number of aryl methyl sites for hydroxylation is 2. The summed E-state index contributed by atoms with van der Waals surface area (Å²) in [6.07, 6.45) is 4.13. The molecule has 230 valence electrons. The van der Waals surface area contributed by atoms with Crippen LogP contribution in [0.5, 0.6) is 5.75 Å². The third-order valence-electron chi connectivity index (χ3n) is 7.64. The van der Waals surface area contributed by atoms with Crippen molar-refractivity contribution in [2.24, 2.45) is 0 Å². The van der Waals surface area contributed by atoms with E-state index in [1.165, 1.54) is 23.8 Å². The average Bonchev–Trinajstić information content (AvgIpc) is 3.49. The highest BCUT2D eigenvalue weighted by Crippen LogP contribution is 2.36. The highest BCUT2D eigenvalue weighted by atomic mass is 19.1. The minimum atomic E-state index is -0.751. The van der Waals surface area contributed by atoms with Crippen LogP contribution >= 0.6 is 0 Å². The summed E-state index contributed by atoms with van der Waals surface area (Å²) in [6.45, 7) is 12.7. The van der Waals surface area contributed by atoms with E-state index in [0.717, 1.165) is 5.69 Å². The zero-order valence-corrected chi connectivity index (χ0v) is 25.6. The Balaban J connectivity index is 1.42. The number of H-pyrrole nitrogens is 1. The van der Waals surface area contributed by atoms with Crippen molar-refractivity contribution in [2.45, 2.75) is 66.0 Å². The molecule has 3 aromatic heterocycles. The number of anilines is 2. The molecule has 5 rings (SSSR count). The number of carbonyl (C=O) groups is 2. The Morgan fingerprint density at radius 2 is 1.86 bits per heavy atom. The number of halogens is 2. The summed E-state index contributed by atoms with van der Waals surface area (Å²) in [6, 6.07) is 3.25. The first-order valence-electron chi connectivity index (χ1n) is 14.4. The summed E-state index contributed by atoms with van der Waals surface area (Å²) in [5, 5.41) is 3.33. The Labute approximate surface area is 249 Å². The highest BCUT2D eigenvalue weighted by molar-refractivity contribution is 6.15. The van der Waals surface area contributed by atoms with Crippen molar-refractivity contribution in [1.82, 2.24) is 19.3 Å². The molecule has 0 unspecified atom stereocenters. The number of benzene rings is 1. The second-order valence-electron chi connectivity index (χ2n) is 11.9. The molecular formula is C31H38F2N6O4. The summed E-state index contributed by atoms with van der Waals surface area (Å²) in [5.74, 6) is -2.40. The number of methoxy groups -OCH3 is 1. The normalized spacial score (nSPS) is 14.4. The number of imidazole rings is 1. The van der Waals surface area contributed by atoms with Gasteiger partial charge in [-0.1, -0.05) is 0 Å². The van der Waals surface area contributed by atoms with Gasteiger partial charge in [0.05, 0.1) is 23.9 Å². The number of hydrogen-bond acceptors (Lipinski definition) is 6. The van der Waals surface area contributed by atoms with E-state index in [1.54, 1.807) is 18.0 Å². The summed E-state index contributed by atoms with van der Waals surface area (Å²) in [7, 11) is 1.29. The van der Waals surface area contributed by atoms with Crippen molar-refractivity contribution in [1.29, 1.82) is 0 Å². The first kappa shape index (κ1) is 30.1. The molecule has 1 saturated heterocycles. The van der Waals surface area contributed by atoms with Crippen LogP contribution in [-0.4, -0.2) is 69.7 Å². The van der Waals surface area contributed by atoms with Crippen LogP contribution in [0.15, 0.2) is 24.5 Å². The minimum Gasteiger partial charge on any atom is -0.491 e. The van der Waals surface area contributed by atoms with Gasteiger partial charge in [-0.25, -0.2) is 14.2 Å². The fourth-order valence-electron chi connectivity index (χ4n) is 5.80. The number of carbonyl (C=O) groups excluding carboxylic acids is 2. The molecule has 4 aromatic rings. The number of aromatic nitrogens is 3. The van der Waals surface area contributed by atoms with E-state index < -0.39 is 23.1 Å². The van der Waals surface area contributed by atoms with Gasteiger partial charge in [0.2, 0.25) is 5.82 Å². The smallest absolute Gasteiger partial charge is 0.410 e. The van der Waals surface area contributed by atoms with E-state index in [9.17, 15) is 9.59 Å². The van der Waals surface area contributed by atoms with Crippen LogP contribution in [0.1, 0.15) is 62.3 Å². The average molecular weight is 597 g/mol. The van der Waals surface area contributed by atoms with Gasteiger partial charge in [-0.05, 0) is 66.5 Å². The van der Waals surface area contributed by atoms with Crippen LogP contribution < -0.4 is 15.0 Å². The van der Waals surface area contributed by atoms with Gasteiger partial charge >= 0.3 is 6.09 Å². The van der Waals surface area contributed by atoms with Crippen molar-refractivity contribution < 1.29 is 27.8 Å². The van der Waals surface area contributed by atoms with Crippen molar-refractivity contribution in [2.75, 3.05) is 37.0 Å². The van der Waals surface area contributed by atoms with Crippen LogP contribution in [0.3, 0.4) is 0 Å². The third-order valence-corrected chi connectivity index (χ3v) is 7.64. The zero-order valence-electron chi connectivity index (χ0n) is 25.6. The van der Waals surface area contributed by atoms with Crippen molar-refractivity contribution in [3.8, 4) is 5.75 Å². The molecule has 0 radical (unpaired) electrons. The Bertz CT molecular complexity index is 1700. The molecule has 0 saturated carbocycles. The molecule has 10 nitrogen and oxygen atoms in total. The number of fused-ring (bicyclic) bond motifs is 2. The van der Waals surface area contributed by atoms with Gasteiger partial charge in [-0.15, -0.1) is 0 Å². The predicted molar refractivity (Wildman–Crippen MR) is 161 cm³/mol. The van der Waals surface area contributed by atoms with Crippen LogP contribution in [0.4, 0.5) is 25.0 Å². The third kappa shape index (κ3) is 5.82. The van der Waals surface area contributed by atoms with Gasteiger partial charge in [0.1, 0.15) is 17.1 Å². The zero-order chi connectivity index (χ0) is 31.2. The van der Waals surface area contributed by atoms with E-state index in [0.29, 0.717) is 54.8 Å². The van der Waals surface area contributed by atoms with Crippen LogP contribution in [0.2, 0.25) is 0 Å². The SMILES string of the molecule is CCN(C(=O)OC(C)(C)C)C1CCN(c2cc(F)c(C(=O)Nc3cn4cc(C)nc4c(F)c3OC)c3[nH]c(C)cc23)CC1. The molecule has 0 atom stereocenters. The lowest BCUT2D eigenvalue weighted by Gasteiger charge is -2.39. The first-order valence-corrected chi connectivity index (χ1v) is 14.4. The molecule has 2 amide bonds. The molecule has 43 heavy (non-hydrogen) atoms. The summed E-state index contributed by atoms with van der Waals surface area (Å²) in [4.78, 5) is 37.5. The molecule has 12 heteroatoms. The maximum atomic E-state index is 15.8. The predicted octanol–water partition coefficient (Wildman–Crippen LogP) is 6.20. The van der Waals surface area contributed by atoms with Gasteiger partial charge in [-0.2, -0.15) is 4.39 Å². The molecule has 2 N–H and O–H groups in total. The fraction of sp³-hybridized carbons (Fsp3) is 0.452. The second kappa shape index (κ2) is 11.4. The van der Waals surface area contributed by atoms with Crippen molar-refractivity contribution >= 4 is 39.9 Å². The molecule has 1 aromatic carbocycles. The van der Waals surface area contributed by atoms with Gasteiger partial charge in [0.15, 0.2) is 11.4 Å². The molecule has 1 fully saturated rings. The Hall–Kier alpha value is -4.35. The molecule has 0 aliphatic carbocycles. The van der Waals surface area contributed by atoms with E-state index in [1.807, 2.05) is 40.7 Å². The van der Waals surface area contributed by atoms with Crippen LogP contribution in [0, 0.1) is 25.5 Å². The number of piperidine rings is 1. The number of pyridine rings is 1. The summed E-state index contributed by atoms with van der Waals surface area (Å²) in [5.41, 5.74) is 1.68. The van der Waals surface area contributed by atoms with Crippen LogP contribution in [-0.2, 0) is 4.74 Å². The highest BCUT2D eigenvalue weighted by Gasteiger charge is 2.32. The Morgan fingerprint density at radius 3 is 2.49 bits per heavy atom. The second-order valence-corrected chi connectivity index (χ2v) is 11.9. The van der Waals surface area contributed by atoms with Gasteiger partial charge in [0.25, 0.3) is 5.91 Å². The van der Waals surface area contributed by atoms with E-state index in [4.69, 9.17) is 9.47 Å². The lowest BCUT2D eigenvalue weighted by atomic mass is 10.0. The number of aromatic amines is 1. The molecule has 0 bridgehead atoms. The molecular weight excluding hydrogens is 558 g/mol.